The Morgan fingerprint density at radius 2 is 1.55 bits per heavy atom. The van der Waals surface area contributed by atoms with Crippen LogP contribution in [0.3, 0.4) is 0 Å². The summed E-state index contributed by atoms with van der Waals surface area (Å²) in [6.45, 7) is 4.89. The van der Waals surface area contributed by atoms with Crippen LogP contribution in [0.5, 0.6) is 0 Å². The zero-order valence-electron chi connectivity index (χ0n) is 16.7. The first-order chi connectivity index (χ1) is 13.9. The third-order valence-electron chi connectivity index (χ3n) is 5.87. The molecule has 6 nitrogen and oxygen atoms in total. The summed E-state index contributed by atoms with van der Waals surface area (Å²) >= 11 is 0. The topological polar surface area (TPSA) is 60.9 Å². The molecule has 2 amide bonds. The van der Waals surface area contributed by atoms with Crippen LogP contribution >= 0.6 is 0 Å². The molecule has 2 fully saturated rings. The molecule has 0 radical (unpaired) electrons. The van der Waals surface area contributed by atoms with Gasteiger partial charge in [0.15, 0.2) is 0 Å². The predicted octanol–water partition coefficient (Wildman–Crippen LogP) is 3.09. The van der Waals surface area contributed by atoms with Gasteiger partial charge in [-0.3, -0.25) is 0 Å². The van der Waals surface area contributed by atoms with Crippen molar-refractivity contribution in [2.24, 2.45) is 0 Å². The lowest BCUT2D eigenvalue weighted by atomic mass is 10.1. The lowest BCUT2D eigenvalue weighted by molar-refractivity contribution is 0.153. The van der Waals surface area contributed by atoms with E-state index in [4.69, 9.17) is 0 Å². The number of hydrogen-bond donors (Lipinski definition) is 0. The van der Waals surface area contributed by atoms with Gasteiger partial charge in [0.2, 0.25) is 10.0 Å². The average molecular weight is 414 g/mol. The first kappa shape index (κ1) is 19.9. The van der Waals surface area contributed by atoms with Gasteiger partial charge >= 0.3 is 6.03 Å². The number of carbonyl (C=O) groups excluding carboxylic acids is 1. The molecule has 0 N–H and O–H groups in total. The number of amides is 2. The summed E-state index contributed by atoms with van der Waals surface area (Å²) < 4.78 is 27.3. The maximum atomic E-state index is 12.9. The Morgan fingerprint density at radius 3 is 2.21 bits per heavy atom. The Hall–Kier alpha value is -2.38. The first-order valence-corrected chi connectivity index (χ1v) is 11.6. The molecule has 2 aliphatic heterocycles. The van der Waals surface area contributed by atoms with Crippen LogP contribution in [0.4, 0.5) is 4.79 Å². The van der Waals surface area contributed by atoms with Crippen LogP contribution in [-0.4, -0.2) is 60.8 Å². The summed E-state index contributed by atoms with van der Waals surface area (Å²) in [5, 5.41) is 0. The smallest absolute Gasteiger partial charge is 0.320 e. The average Bonchev–Trinajstić information content (AvgIpc) is 3.09. The van der Waals surface area contributed by atoms with Crippen molar-refractivity contribution in [3.63, 3.8) is 0 Å². The van der Waals surface area contributed by atoms with E-state index in [1.807, 2.05) is 59.2 Å². The van der Waals surface area contributed by atoms with Crippen LogP contribution < -0.4 is 0 Å². The molecule has 4 rings (SSSR count). The largest absolute Gasteiger partial charge is 0.320 e. The van der Waals surface area contributed by atoms with E-state index in [1.165, 1.54) is 0 Å². The number of urea groups is 1. The number of benzene rings is 2. The molecule has 0 atom stereocenters. The molecule has 2 saturated heterocycles. The highest BCUT2D eigenvalue weighted by molar-refractivity contribution is 7.89. The molecule has 154 valence electrons. The molecule has 2 aromatic carbocycles. The zero-order valence-corrected chi connectivity index (χ0v) is 17.5. The van der Waals surface area contributed by atoms with Gasteiger partial charge in [0.25, 0.3) is 0 Å². The normalized spacial score (nSPS) is 19.1. The van der Waals surface area contributed by atoms with E-state index in [1.54, 1.807) is 16.4 Å². The maximum Gasteiger partial charge on any atom is 0.320 e. The van der Waals surface area contributed by atoms with Crippen molar-refractivity contribution in [3.8, 4) is 0 Å². The van der Waals surface area contributed by atoms with Gasteiger partial charge in [-0.25, -0.2) is 13.2 Å². The van der Waals surface area contributed by atoms with E-state index < -0.39 is 10.0 Å². The quantitative estimate of drug-likeness (QED) is 0.757. The molecule has 0 aliphatic carbocycles. The fourth-order valence-electron chi connectivity index (χ4n) is 4.14. The van der Waals surface area contributed by atoms with Crippen LogP contribution in [0.2, 0.25) is 0 Å². The molecular formula is C22H27N3O3S. The van der Waals surface area contributed by atoms with E-state index in [0.29, 0.717) is 43.9 Å². The Kier molecular flexibility index (Phi) is 5.61. The summed E-state index contributed by atoms with van der Waals surface area (Å²) in [5.74, 6) is 0. The number of aryl methyl sites for hydroxylation is 1. The second-order valence-corrected chi connectivity index (χ2v) is 9.77. The van der Waals surface area contributed by atoms with Gasteiger partial charge in [-0.15, -0.1) is 0 Å². The summed E-state index contributed by atoms with van der Waals surface area (Å²) in [6, 6.07) is 17.2. The molecule has 2 aromatic rings. The molecule has 2 aliphatic rings. The van der Waals surface area contributed by atoms with Crippen molar-refractivity contribution in [1.82, 2.24) is 14.1 Å². The Morgan fingerprint density at radius 1 is 0.897 bits per heavy atom. The summed E-state index contributed by atoms with van der Waals surface area (Å²) in [7, 11) is -3.47. The minimum atomic E-state index is -3.47. The maximum absolute atomic E-state index is 12.9. The molecule has 7 heteroatoms. The summed E-state index contributed by atoms with van der Waals surface area (Å²) in [5.41, 5.74) is 2.16. The zero-order chi connectivity index (χ0) is 20.4. The highest BCUT2D eigenvalue weighted by atomic mass is 32.2. The number of sulfonamides is 1. The van der Waals surface area contributed by atoms with E-state index in [0.717, 1.165) is 17.7 Å². The molecule has 0 spiro atoms. The first-order valence-electron chi connectivity index (χ1n) is 10.1. The number of rotatable bonds is 5. The van der Waals surface area contributed by atoms with Crippen molar-refractivity contribution in [1.29, 1.82) is 0 Å². The van der Waals surface area contributed by atoms with Gasteiger partial charge in [-0.2, -0.15) is 4.31 Å². The molecule has 0 unspecified atom stereocenters. The van der Waals surface area contributed by atoms with Gasteiger partial charge in [0.05, 0.1) is 4.90 Å². The predicted molar refractivity (Wildman–Crippen MR) is 112 cm³/mol. The fraction of sp³-hybridized carbons (Fsp3) is 0.409. The molecule has 0 aromatic heterocycles. The highest BCUT2D eigenvalue weighted by Crippen LogP contribution is 2.26. The number of hydrogen-bond acceptors (Lipinski definition) is 3. The number of carbonyl (C=O) groups is 1. The van der Waals surface area contributed by atoms with Crippen molar-refractivity contribution in [3.05, 3.63) is 65.7 Å². The lowest BCUT2D eigenvalue weighted by Gasteiger charge is -2.35. The van der Waals surface area contributed by atoms with E-state index in [9.17, 15) is 13.2 Å². The van der Waals surface area contributed by atoms with Crippen LogP contribution in [0, 0.1) is 6.92 Å². The van der Waals surface area contributed by atoms with Gasteiger partial charge in [0.1, 0.15) is 0 Å². The Bertz CT molecular complexity index is 953. The molecular weight excluding hydrogens is 386 g/mol. The number of piperidine rings is 1. The van der Waals surface area contributed by atoms with Crippen molar-refractivity contribution in [2.45, 2.75) is 37.2 Å². The van der Waals surface area contributed by atoms with E-state index >= 15 is 0 Å². The minimum absolute atomic E-state index is 0.0636. The molecule has 29 heavy (non-hydrogen) atoms. The third-order valence-corrected chi connectivity index (χ3v) is 7.78. The standard InChI is InChI=1S/C22H27N3O3S/c1-18-7-9-21(10-8-18)29(27,28)24-13-11-20(12-14-24)25-16-15-23(22(25)26)17-19-5-3-2-4-6-19/h2-10,20H,11-17H2,1H3. The van der Waals surface area contributed by atoms with Crippen LogP contribution in [0.1, 0.15) is 24.0 Å². The second kappa shape index (κ2) is 8.16. The van der Waals surface area contributed by atoms with Crippen LogP contribution in [0.15, 0.2) is 59.5 Å². The van der Waals surface area contributed by atoms with Gasteiger partial charge < -0.3 is 9.80 Å². The van der Waals surface area contributed by atoms with Gasteiger partial charge in [-0.05, 0) is 37.5 Å². The summed E-state index contributed by atoms with van der Waals surface area (Å²) in [4.78, 5) is 17.0. The monoisotopic (exact) mass is 413 g/mol. The molecule has 2 heterocycles. The van der Waals surface area contributed by atoms with Crippen molar-refractivity contribution >= 4 is 16.1 Å². The Labute approximate surface area is 172 Å². The van der Waals surface area contributed by atoms with E-state index in [-0.39, 0.29) is 12.1 Å². The minimum Gasteiger partial charge on any atom is -0.320 e. The van der Waals surface area contributed by atoms with Crippen molar-refractivity contribution in [2.75, 3.05) is 26.2 Å². The molecule has 0 saturated carbocycles. The molecule has 0 bridgehead atoms. The third kappa shape index (κ3) is 4.16. The van der Waals surface area contributed by atoms with Gasteiger partial charge in [-0.1, -0.05) is 48.0 Å². The highest BCUT2D eigenvalue weighted by Gasteiger charge is 2.37. The summed E-state index contributed by atoms with van der Waals surface area (Å²) in [6.07, 6.45) is 1.35. The fourth-order valence-corrected chi connectivity index (χ4v) is 5.61. The lowest BCUT2D eigenvalue weighted by Crippen LogP contribution is -2.47. The SMILES string of the molecule is Cc1ccc(S(=O)(=O)N2CCC(N3CCN(Cc4ccccc4)C3=O)CC2)cc1. The van der Waals surface area contributed by atoms with E-state index in [2.05, 4.69) is 0 Å². The Balaban J connectivity index is 1.36. The van der Waals surface area contributed by atoms with Gasteiger partial charge in [0, 0.05) is 38.8 Å². The number of nitrogens with zero attached hydrogens (tertiary/aromatic N) is 3. The second-order valence-electron chi connectivity index (χ2n) is 7.83. The van der Waals surface area contributed by atoms with Crippen molar-refractivity contribution < 1.29 is 13.2 Å². The van der Waals surface area contributed by atoms with Crippen LogP contribution in [-0.2, 0) is 16.6 Å². The van der Waals surface area contributed by atoms with Crippen LogP contribution in [0.25, 0.3) is 0 Å².